The standard InChI is InChI=1S/C15H17FN2O3/c1-21-15(20)13-6-10(8-18-13)7-17-9-14(19)11-2-4-12(16)5-3-11/h2-6,8,14,17-19H,7,9H2,1H3. The molecular formula is C15H17FN2O3. The van der Waals surface area contributed by atoms with Gasteiger partial charge in [0.05, 0.1) is 13.2 Å². The number of benzene rings is 1. The molecule has 1 aromatic carbocycles. The molecule has 21 heavy (non-hydrogen) atoms. The largest absolute Gasteiger partial charge is 0.464 e. The summed E-state index contributed by atoms with van der Waals surface area (Å²) in [6.07, 6.45) is 0.980. The number of halogens is 1. The molecule has 112 valence electrons. The Morgan fingerprint density at radius 2 is 2.14 bits per heavy atom. The van der Waals surface area contributed by atoms with Crippen LogP contribution in [0, 0.1) is 5.82 Å². The molecule has 1 atom stereocenters. The van der Waals surface area contributed by atoms with E-state index in [1.165, 1.54) is 19.2 Å². The van der Waals surface area contributed by atoms with E-state index in [-0.39, 0.29) is 5.82 Å². The maximum atomic E-state index is 12.8. The predicted molar refractivity (Wildman–Crippen MR) is 75.2 cm³/mol. The Hall–Kier alpha value is -2.18. The van der Waals surface area contributed by atoms with Gasteiger partial charge in [-0.3, -0.25) is 0 Å². The lowest BCUT2D eigenvalue weighted by atomic mass is 10.1. The van der Waals surface area contributed by atoms with Crippen molar-refractivity contribution in [1.29, 1.82) is 0 Å². The summed E-state index contributed by atoms with van der Waals surface area (Å²) in [7, 11) is 1.32. The molecule has 0 saturated heterocycles. The van der Waals surface area contributed by atoms with Crippen molar-refractivity contribution < 1.29 is 19.0 Å². The molecular weight excluding hydrogens is 275 g/mol. The number of carbonyl (C=O) groups excluding carboxylic acids is 1. The van der Waals surface area contributed by atoms with E-state index < -0.39 is 12.1 Å². The highest BCUT2D eigenvalue weighted by atomic mass is 19.1. The summed E-state index contributed by atoms with van der Waals surface area (Å²) in [5.74, 6) is -0.755. The van der Waals surface area contributed by atoms with Gasteiger partial charge in [-0.2, -0.15) is 0 Å². The van der Waals surface area contributed by atoms with Gasteiger partial charge in [0.1, 0.15) is 11.5 Å². The van der Waals surface area contributed by atoms with E-state index in [0.29, 0.717) is 24.3 Å². The van der Waals surface area contributed by atoms with Crippen molar-refractivity contribution in [3.63, 3.8) is 0 Å². The number of ether oxygens (including phenoxy) is 1. The van der Waals surface area contributed by atoms with Crippen molar-refractivity contribution in [3.05, 3.63) is 59.2 Å². The third kappa shape index (κ3) is 4.14. The number of methoxy groups -OCH3 is 1. The van der Waals surface area contributed by atoms with Gasteiger partial charge in [0, 0.05) is 19.3 Å². The summed E-state index contributed by atoms with van der Waals surface area (Å²) >= 11 is 0. The molecule has 0 saturated carbocycles. The van der Waals surface area contributed by atoms with Gasteiger partial charge in [-0.15, -0.1) is 0 Å². The average Bonchev–Trinajstić information content (AvgIpc) is 2.96. The molecule has 2 rings (SSSR count). The first-order valence-corrected chi connectivity index (χ1v) is 6.50. The molecule has 0 fully saturated rings. The van der Waals surface area contributed by atoms with Gasteiger partial charge in [-0.1, -0.05) is 12.1 Å². The minimum absolute atomic E-state index is 0.324. The minimum atomic E-state index is -0.718. The number of aliphatic hydroxyl groups excluding tert-OH is 1. The Kier molecular flexibility index (Phi) is 5.08. The first-order chi connectivity index (χ1) is 10.1. The molecule has 0 bridgehead atoms. The second-order valence-corrected chi connectivity index (χ2v) is 4.61. The maximum Gasteiger partial charge on any atom is 0.354 e. The van der Waals surface area contributed by atoms with Gasteiger partial charge in [0.15, 0.2) is 0 Å². The molecule has 5 nitrogen and oxygen atoms in total. The van der Waals surface area contributed by atoms with Crippen LogP contribution in [0.2, 0.25) is 0 Å². The Balaban J connectivity index is 1.82. The van der Waals surface area contributed by atoms with E-state index in [0.717, 1.165) is 5.56 Å². The minimum Gasteiger partial charge on any atom is -0.464 e. The smallest absolute Gasteiger partial charge is 0.354 e. The van der Waals surface area contributed by atoms with E-state index in [2.05, 4.69) is 15.0 Å². The third-order valence-corrected chi connectivity index (χ3v) is 3.07. The van der Waals surface area contributed by atoms with Crippen LogP contribution in [0.5, 0.6) is 0 Å². The summed E-state index contributed by atoms with van der Waals surface area (Å²) in [6.45, 7) is 0.816. The summed E-state index contributed by atoms with van der Waals surface area (Å²) < 4.78 is 17.4. The number of nitrogens with one attached hydrogen (secondary N) is 2. The monoisotopic (exact) mass is 292 g/mol. The van der Waals surface area contributed by atoms with Crippen LogP contribution in [0.3, 0.4) is 0 Å². The molecule has 0 spiro atoms. The second-order valence-electron chi connectivity index (χ2n) is 4.61. The van der Waals surface area contributed by atoms with E-state index in [4.69, 9.17) is 0 Å². The normalized spacial score (nSPS) is 12.1. The summed E-state index contributed by atoms with van der Waals surface area (Å²) in [4.78, 5) is 14.1. The van der Waals surface area contributed by atoms with Crippen LogP contribution < -0.4 is 5.32 Å². The van der Waals surface area contributed by atoms with Crippen molar-refractivity contribution in [2.45, 2.75) is 12.6 Å². The molecule has 0 aliphatic carbocycles. The Labute approximate surface area is 121 Å². The van der Waals surface area contributed by atoms with Crippen LogP contribution in [0.15, 0.2) is 36.5 Å². The zero-order chi connectivity index (χ0) is 15.2. The van der Waals surface area contributed by atoms with E-state index >= 15 is 0 Å². The maximum absolute atomic E-state index is 12.8. The fourth-order valence-corrected chi connectivity index (χ4v) is 1.93. The van der Waals surface area contributed by atoms with Crippen molar-refractivity contribution in [1.82, 2.24) is 10.3 Å². The highest BCUT2D eigenvalue weighted by molar-refractivity contribution is 5.87. The lowest BCUT2D eigenvalue weighted by Gasteiger charge is -2.11. The lowest BCUT2D eigenvalue weighted by molar-refractivity contribution is 0.0595. The van der Waals surface area contributed by atoms with Crippen LogP contribution >= 0.6 is 0 Å². The topological polar surface area (TPSA) is 74.3 Å². The summed E-state index contributed by atoms with van der Waals surface area (Å²) in [5, 5.41) is 13.0. The number of aromatic nitrogens is 1. The van der Waals surface area contributed by atoms with Crippen LogP contribution in [0.25, 0.3) is 0 Å². The van der Waals surface area contributed by atoms with Crippen molar-refractivity contribution >= 4 is 5.97 Å². The molecule has 0 radical (unpaired) electrons. The molecule has 1 unspecified atom stereocenters. The van der Waals surface area contributed by atoms with E-state index in [1.54, 1.807) is 24.4 Å². The van der Waals surface area contributed by atoms with Crippen LogP contribution in [0.4, 0.5) is 4.39 Å². The molecule has 1 heterocycles. The fraction of sp³-hybridized carbons (Fsp3) is 0.267. The Bertz CT molecular complexity index is 595. The number of carbonyl (C=O) groups is 1. The Morgan fingerprint density at radius 1 is 1.43 bits per heavy atom. The zero-order valence-corrected chi connectivity index (χ0v) is 11.6. The lowest BCUT2D eigenvalue weighted by Crippen LogP contribution is -2.20. The number of aromatic amines is 1. The average molecular weight is 292 g/mol. The number of aliphatic hydroxyl groups is 1. The predicted octanol–water partition coefficient (Wildman–Crippen LogP) is 1.76. The first-order valence-electron chi connectivity index (χ1n) is 6.50. The number of esters is 1. The van der Waals surface area contributed by atoms with Crippen molar-refractivity contribution in [2.75, 3.05) is 13.7 Å². The number of hydrogen-bond acceptors (Lipinski definition) is 4. The highest BCUT2D eigenvalue weighted by Gasteiger charge is 2.10. The van der Waals surface area contributed by atoms with E-state index in [9.17, 15) is 14.3 Å². The van der Waals surface area contributed by atoms with Gasteiger partial charge in [-0.05, 0) is 29.3 Å². The molecule has 0 aliphatic heterocycles. The summed E-state index contributed by atoms with van der Waals surface area (Å²) in [5.41, 5.74) is 1.91. The van der Waals surface area contributed by atoms with Gasteiger partial charge >= 0.3 is 5.97 Å². The zero-order valence-electron chi connectivity index (χ0n) is 11.6. The first kappa shape index (κ1) is 15.2. The molecule has 6 heteroatoms. The van der Waals surface area contributed by atoms with Gasteiger partial charge in [0.2, 0.25) is 0 Å². The van der Waals surface area contributed by atoms with Crippen LogP contribution in [-0.2, 0) is 11.3 Å². The number of H-pyrrole nitrogens is 1. The molecule has 3 N–H and O–H groups in total. The van der Waals surface area contributed by atoms with Crippen molar-refractivity contribution in [3.8, 4) is 0 Å². The van der Waals surface area contributed by atoms with Gasteiger partial charge in [0.25, 0.3) is 0 Å². The van der Waals surface area contributed by atoms with Crippen molar-refractivity contribution in [2.24, 2.45) is 0 Å². The quantitative estimate of drug-likeness (QED) is 0.709. The molecule has 0 aliphatic rings. The molecule has 1 aromatic heterocycles. The second kappa shape index (κ2) is 7.01. The molecule has 0 amide bonds. The SMILES string of the molecule is COC(=O)c1cc(CNCC(O)c2ccc(F)cc2)c[nH]1. The number of rotatable bonds is 6. The van der Waals surface area contributed by atoms with Crippen LogP contribution in [0.1, 0.15) is 27.7 Å². The van der Waals surface area contributed by atoms with Gasteiger partial charge < -0.3 is 20.1 Å². The number of hydrogen-bond donors (Lipinski definition) is 3. The fourth-order valence-electron chi connectivity index (χ4n) is 1.93. The highest BCUT2D eigenvalue weighted by Crippen LogP contribution is 2.12. The molecule has 2 aromatic rings. The van der Waals surface area contributed by atoms with E-state index in [1.807, 2.05) is 0 Å². The van der Waals surface area contributed by atoms with Crippen LogP contribution in [-0.4, -0.2) is 29.7 Å². The third-order valence-electron chi connectivity index (χ3n) is 3.07. The van der Waals surface area contributed by atoms with Gasteiger partial charge in [-0.25, -0.2) is 9.18 Å². The Morgan fingerprint density at radius 3 is 2.81 bits per heavy atom. The summed E-state index contributed by atoms with van der Waals surface area (Å²) in [6, 6.07) is 7.41.